The zero-order valence-corrected chi connectivity index (χ0v) is 8.19. The van der Waals surface area contributed by atoms with E-state index in [1.54, 1.807) is 6.92 Å². The Morgan fingerprint density at radius 3 is 2.25 bits per heavy atom. The molecule has 0 N–H and O–H groups in total. The molecule has 0 aliphatic rings. The average molecular weight is 230 g/mol. The average Bonchev–Trinajstić information content (AvgIpc) is 2.33. The van der Waals surface area contributed by atoms with Gasteiger partial charge < -0.3 is 0 Å². The van der Waals surface area contributed by atoms with E-state index in [1.807, 2.05) is 0 Å². The van der Waals surface area contributed by atoms with Crippen molar-refractivity contribution in [3.05, 3.63) is 35.3 Å². The molecule has 6 heteroatoms. The number of benzene rings is 1. The van der Waals surface area contributed by atoms with Gasteiger partial charge in [-0.25, -0.2) is 27.5 Å². The van der Waals surface area contributed by atoms with Crippen molar-refractivity contribution in [2.45, 2.75) is 13.3 Å². The normalized spacial score (nSPS) is 11.1. The van der Waals surface area contributed by atoms with E-state index in [4.69, 9.17) is 0 Å². The van der Waals surface area contributed by atoms with E-state index in [9.17, 15) is 17.6 Å². The van der Waals surface area contributed by atoms with Crippen LogP contribution in [-0.4, -0.2) is 9.97 Å². The minimum Gasteiger partial charge on any atom is -0.241 e. The number of hydrogen-bond donors (Lipinski definition) is 0. The molecule has 0 aliphatic heterocycles. The van der Waals surface area contributed by atoms with Gasteiger partial charge in [-0.3, -0.25) is 0 Å². The number of aromatic nitrogens is 2. The van der Waals surface area contributed by atoms with Crippen molar-refractivity contribution >= 4 is 10.9 Å². The Balaban J connectivity index is 2.91. The summed E-state index contributed by atoms with van der Waals surface area (Å²) in [6, 6.07) is 0. The van der Waals surface area contributed by atoms with Gasteiger partial charge in [0.2, 0.25) is 0 Å². The molecule has 0 fully saturated rings. The first-order valence-electron chi connectivity index (χ1n) is 4.53. The highest BCUT2D eigenvalue weighted by molar-refractivity contribution is 5.79. The Labute approximate surface area is 87.9 Å². The molecule has 2 rings (SSSR count). The number of halogens is 4. The van der Waals surface area contributed by atoms with Crippen LogP contribution in [0.3, 0.4) is 0 Å². The van der Waals surface area contributed by atoms with Crippen LogP contribution in [-0.2, 0) is 6.42 Å². The third kappa shape index (κ3) is 1.41. The van der Waals surface area contributed by atoms with Crippen LogP contribution in [0.4, 0.5) is 17.6 Å². The highest BCUT2D eigenvalue weighted by Crippen LogP contribution is 2.24. The van der Waals surface area contributed by atoms with Crippen LogP contribution >= 0.6 is 0 Å². The summed E-state index contributed by atoms with van der Waals surface area (Å²) >= 11 is 0. The lowest BCUT2D eigenvalue weighted by Gasteiger charge is -2.04. The molecule has 0 saturated carbocycles. The molecule has 2 nitrogen and oxygen atoms in total. The van der Waals surface area contributed by atoms with Gasteiger partial charge in [-0.1, -0.05) is 6.92 Å². The third-order valence-electron chi connectivity index (χ3n) is 2.18. The standard InChI is InChI=1S/C10H6F4N2/c1-2-5-15-3-4-6(11)7(12)8(13)9(14)10(4)16-5/h3H,2H2,1H3. The van der Waals surface area contributed by atoms with E-state index in [0.717, 1.165) is 6.20 Å². The van der Waals surface area contributed by atoms with Gasteiger partial charge in [-0.05, 0) is 0 Å². The molecule has 0 amide bonds. The van der Waals surface area contributed by atoms with Crippen LogP contribution in [0.15, 0.2) is 6.20 Å². The monoisotopic (exact) mass is 230 g/mol. The first kappa shape index (κ1) is 10.8. The predicted molar refractivity (Wildman–Crippen MR) is 48.7 cm³/mol. The molecule has 0 bridgehead atoms. The van der Waals surface area contributed by atoms with Gasteiger partial charge in [-0.2, -0.15) is 0 Å². The van der Waals surface area contributed by atoms with E-state index in [-0.39, 0.29) is 5.82 Å². The molecule has 0 radical (unpaired) electrons. The molecule has 0 unspecified atom stereocenters. The topological polar surface area (TPSA) is 25.8 Å². The summed E-state index contributed by atoms with van der Waals surface area (Å²) in [5.41, 5.74) is -0.539. The van der Waals surface area contributed by atoms with Crippen LogP contribution in [0.5, 0.6) is 0 Å². The quantitative estimate of drug-likeness (QED) is 0.427. The van der Waals surface area contributed by atoms with Crippen molar-refractivity contribution in [1.29, 1.82) is 0 Å². The van der Waals surface area contributed by atoms with E-state index >= 15 is 0 Å². The summed E-state index contributed by atoms with van der Waals surface area (Å²) in [6.45, 7) is 1.70. The molecule has 0 aliphatic carbocycles. The summed E-state index contributed by atoms with van der Waals surface area (Å²) in [5.74, 6) is -6.44. The first-order chi connectivity index (χ1) is 7.56. The second-order valence-corrected chi connectivity index (χ2v) is 3.16. The molecule has 1 aromatic carbocycles. The van der Waals surface area contributed by atoms with Gasteiger partial charge in [0.15, 0.2) is 23.3 Å². The first-order valence-corrected chi connectivity index (χ1v) is 4.53. The maximum atomic E-state index is 13.3. The smallest absolute Gasteiger partial charge is 0.199 e. The lowest BCUT2D eigenvalue weighted by Crippen LogP contribution is -2.02. The van der Waals surface area contributed by atoms with Gasteiger partial charge in [0.25, 0.3) is 0 Å². The Morgan fingerprint density at radius 2 is 1.62 bits per heavy atom. The number of nitrogens with zero attached hydrogens (tertiary/aromatic N) is 2. The van der Waals surface area contributed by atoms with Crippen molar-refractivity contribution in [3.8, 4) is 0 Å². The SMILES string of the molecule is CCc1ncc2c(F)c(F)c(F)c(F)c2n1. The van der Waals surface area contributed by atoms with E-state index in [0.29, 0.717) is 6.42 Å². The van der Waals surface area contributed by atoms with Gasteiger partial charge in [0, 0.05) is 12.6 Å². The van der Waals surface area contributed by atoms with Crippen LogP contribution in [0.2, 0.25) is 0 Å². The van der Waals surface area contributed by atoms with E-state index in [1.165, 1.54) is 0 Å². The minimum absolute atomic E-state index is 0.233. The number of aryl methyl sites for hydroxylation is 1. The molecule has 2 aromatic rings. The van der Waals surface area contributed by atoms with E-state index < -0.39 is 34.2 Å². The summed E-state index contributed by atoms with van der Waals surface area (Å²) < 4.78 is 52.3. The fraction of sp³-hybridized carbons (Fsp3) is 0.200. The number of fused-ring (bicyclic) bond motifs is 1. The largest absolute Gasteiger partial charge is 0.241 e. The van der Waals surface area contributed by atoms with Crippen molar-refractivity contribution in [2.75, 3.05) is 0 Å². The molecule has 84 valence electrons. The third-order valence-corrected chi connectivity index (χ3v) is 2.18. The Bertz CT molecular complexity index is 568. The zero-order valence-electron chi connectivity index (χ0n) is 8.19. The van der Waals surface area contributed by atoms with Crippen LogP contribution < -0.4 is 0 Å². The highest BCUT2D eigenvalue weighted by Gasteiger charge is 2.21. The molecule has 0 saturated heterocycles. The van der Waals surface area contributed by atoms with Crippen molar-refractivity contribution in [1.82, 2.24) is 9.97 Å². The second kappa shape index (κ2) is 3.70. The van der Waals surface area contributed by atoms with Gasteiger partial charge >= 0.3 is 0 Å². The fourth-order valence-corrected chi connectivity index (χ4v) is 1.33. The summed E-state index contributed by atoms with van der Waals surface area (Å²) in [6.07, 6.45) is 1.33. The maximum absolute atomic E-state index is 13.3. The van der Waals surface area contributed by atoms with Gasteiger partial charge in [0.1, 0.15) is 11.3 Å². The predicted octanol–water partition coefficient (Wildman–Crippen LogP) is 2.75. The van der Waals surface area contributed by atoms with Crippen molar-refractivity contribution < 1.29 is 17.6 Å². The summed E-state index contributed by atoms with van der Waals surface area (Å²) in [5, 5.41) is -0.464. The molecular weight excluding hydrogens is 224 g/mol. The Hall–Kier alpha value is -1.72. The minimum atomic E-state index is -1.86. The maximum Gasteiger partial charge on any atom is 0.199 e. The number of hydrogen-bond acceptors (Lipinski definition) is 2. The Kier molecular flexibility index (Phi) is 2.49. The lowest BCUT2D eigenvalue weighted by molar-refractivity contribution is 0.417. The summed E-state index contributed by atoms with van der Waals surface area (Å²) in [7, 11) is 0. The van der Waals surface area contributed by atoms with Crippen LogP contribution in [0.1, 0.15) is 12.7 Å². The molecule has 1 heterocycles. The molecular formula is C10H6F4N2. The molecule has 0 atom stereocenters. The lowest BCUT2D eigenvalue weighted by atomic mass is 10.2. The van der Waals surface area contributed by atoms with Gasteiger partial charge in [0.05, 0.1) is 5.39 Å². The van der Waals surface area contributed by atoms with E-state index in [2.05, 4.69) is 9.97 Å². The van der Waals surface area contributed by atoms with Crippen LogP contribution in [0.25, 0.3) is 10.9 Å². The van der Waals surface area contributed by atoms with Crippen molar-refractivity contribution in [2.24, 2.45) is 0 Å². The molecule has 1 aromatic heterocycles. The molecule has 16 heavy (non-hydrogen) atoms. The molecule has 0 spiro atoms. The zero-order chi connectivity index (χ0) is 11.9. The van der Waals surface area contributed by atoms with Crippen molar-refractivity contribution in [3.63, 3.8) is 0 Å². The van der Waals surface area contributed by atoms with Crippen LogP contribution in [0, 0.1) is 23.3 Å². The van der Waals surface area contributed by atoms with Gasteiger partial charge in [-0.15, -0.1) is 0 Å². The second-order valence-electron chi connectivity index (χ2n) is 3.16. The number of rotatable bonds is 1. The Morgan fingerprint density at radius 1 is 1.00 bits per heavy atom. The summed E-state index contributed by atoms with van der Waals surface area (Å²) in [4.78, 5) is 7.31. The highest BCUT2D eigenvalue weighted by atomic mass is 19.2. The fourth-order valence-electron chi connectivity index (χ4n) is 1.33.